The summed E-state index contributed by atoms with van der Waals surface area (Å²) in [6, 6.07) is 12.5. The summed E-state index contributed by atoms with van der Waals surface area (Å²) < 4.78 is 10.8. The standard InChI is InChI=1S/C19H18ClN5O3/c1-3-28-15-10-12(9-14(20)17(15)27-2)11-21-24-19-22-18(26)16(23-25-19)13-7-5-4-6-8-13/h4-11H,3H2,1-2H3,(H2,22,24,25,26)/b21-11+. The quantitative estimate of drug-likeness (QED) is 0.466. The molecule has 3 rings (SSSR count). The zero-order valence-corrected chi connectivity index (χ0v) is 16.0. The molecule has 3 aromatic rings. The van der Waals surface area contributed by atoms with Crippen LogP contribution in [0.2, 0.25) is 5.02 Å². The summed E-state index contributed by atoms with van der Waals surface area (Å²) in [5.41, 5.74) is 3.86. The summed E-state index contributed by atoms with van der Waals surface area (Å²) in [7, 11) is 1.52. The number of halogens is 1. The minimum absolute atomic E-state index is 0.116. The Morgan fingerprint density at radius 2 is 2.04 bits per heavy atom. The van der Waals surface area contributed by atoms with Crippen LogP contribution < -0.4 is 20.5 Å². The molecular formula is C19H18ClN5O3. The van der Waals surface area contributed by atoms with Gasteiger partial charge < -0.3 is 9.47 Å². The second-order valence-corrected chi connectivity index (χ2v) is 5.96. The molecule has 0 bridgehead atoms. The molecule has 2 N–H and O–H groups in total. The summed E-state index contributed by atoms with van der Waals surface area (Å²) >= 11 is 6.21. The average Bonchev–Trinajstić information content (AvgIpc) is 2.69. The summed E-state index contributed by atoms with van der Waals surface area (Å²) in [5, 5.41) is 12.3. The lowest BCUT2D eigenvalue weighted by molar-refractivity contribution is 0.311. The third-order valence-electron chi connectivity index (χ3n) is 3.66. The lowest BCUT2D eigenvalue weighted by Crippen LogP contribution is -2.15. The van der Waals surface area contributed by atoms with Gasteiger partial charge in [0.15, 0.2) is 17.2 Å². The van der Waals surface area contributed by atoms with Crippen molar-refractivity contribution in [2.45, 2.75) is 6.92 Å². The first-order valence-corrected chi connectivity index (χ1v) is 8.82. The molecule has 9 heteroatoms. The number of nitrogens with one attached hydrogen (secondary N) is 2. The molecule has 2 aromatic carbocycles. The van der Waals surface area contributed by atoms with Gasteiger partial charge in [0.2, 0.25) is 5.95 Å². The second kappa shape index (κ2) is 9.01. The number of hydrogen-bond donors (Lipinski definition) is 2. The lowest BCUT2D eigenvalue weighted by Gasteiger charge is -2.11. The molecule has 0 radical (unpaired) electrons. The Morgan fingerprint density at radius 1 is 1.25 bits per heavy atom. The van der Waals surface area contributed by atoms with Gasteiger partial charge in [0, 0.05) is 5.56 Å². The number of methoxy groups -OCH3 is 1. The number of aromatic nitrogens is 3. The van der Waals surface area contributed by atoms with E-state index in [1.807, 2.05) is 25.1 Å². The van der Waals surface area contributed by atoms with Crippen LogP contribution in [-0.4, -0.2) is 35.1 Å². The highest BCUT2D eigenvalue weighted by Gasteiger charge is 2.11. The maximum absolute atomic E-state index is 12.2. The van der Waals surface area contributed by atoms with E-state index in [9.17, 15) is 4.79 Å². The number of rotatable bonds is 7. The summed E-state index contributed by atoms with van der Waals surface area (Å²) in [6.07, 6.45) is 1.51. The van der Waals surface area contributed by atoms with E-state index in [0.29, 0.717) is 34.3 Å². The van der Waals surface area contributed by atoms with E-state index in [1.165, 1.54) is 13.3 Å². The normalized spacial score (nSPS) is 10.8. The van der Waals surface area contributed by atoms with E-state index < -0.39 is 0 Å². The van der Waals surface area contributed by atoms with Gasteiger partial charge in [-0.05, 0) is 24.6 Å². The molecule has 0 fully saturated rings. The van der Waals surface area contributed by atoms with Crippen LogP contribution in [0.3, 0.4) is 0 Å². The average molecular weight is 400 g/mol. The molecule has 8 nitrogen and oxygen atoms in total. The van der Waals surface area contributed by atoms with Crippen LogP contribution in [0, 0.1) is 0 Å². The molecule has 0 atom stereocenters. The topological polar surface area (TPSA) is 101 Å². The van der Waals surface area contributed by atoms with Crippen LogP contribution in [0.4, 0.5) is 5.95 Å². The van der Waals surface area contributed by atoms with E-state index in [2.05, 4.69) is 25.7 Å². The predicted octanol–water partition coefficient (Wildman–Crippen LogP) is 3.34. The molecule has 0 aliphatic rings. The Kier molecular flexibility index (Phi) is 6.23. The Labute approximate surface area is 166 Å². The molecule has 0 unspecified atom stereocenters. The lowest BCUT2D eigenvalue weighted by atomic mass is 10.2. The van der Waals surface area contributed by atoms with E-state index >= 15 is 0 Å². The molecule has 28 heavy (non-hydrogen) atoms. The molecule has 0 saturated heterocycles. The van der Waals surface area contributed by atoms with E-state index in [1.54, 1.807) is 24.3 Å². The number of ether oxygens (including phenoxy) is 2. The zero-order valence-electron chi connectivity index (χ0n) is 15.3. The highest BCUT2D eigenvalue weighted by atomic mass is 35.5. The number of H-pyrrole nitrogens is 1. The van der Waals surface area contributed by atoms with Gasteiger partial charge in [-0.2, -0.15) is 5.10 Å². The maximum atomic E-state index is 12.2. The fourth-order valence-corrected chi connectivity index (χ4v) is 2.76. The maximum Gasteiger partial charge on any atom is 0.279 e. The number of hydrogen-bond acceptors (Lipinski definition) is 7. The van der Waals surface area contributed by atoms with Crippen LogP contribution in [0.15, 0.2) is 52.4 Å². The Bertz CT molecular complexity index is 1040. The monoisotopic (exact) mass is 399 g/mol. The van der Waals surface area contributed by atoms with Gasteiger partial charge in [0.05, 0.1) is 25.0 Å². The number of benzene rings is 2. The van der Waals surface area contributed by atoms with Crippen molar-refractivity contribution in [2.24, 2.45) is 5.10 Å². The molecule has 0 aliphatic heterocycles. The van der Waals surface area contributed by atoms with Crippen molar-refractivity contribution in [2.75, 3.05) is 19.1 Å². The van der Waals surface area contributed by atoms with Gasteiger partial charge in [-0.15, -0.1) is 10.2 Å². The van der Waals surface area contributed by atoms with Crippen molar-refractivity contribution in [3.05, 3.63) is 63.4 Å². The molecule has 1 heterocycles. The van der Waals surface area contributed by atoms with Crippen LogP contribution in [0.5, 0.6) is 11.5 Å². The van der Waals surface area contributed by atoms with Crippen LogP contribution in [-0.2, 0) is 0 Å². The first-order valence-electron chi connectivity index (χ1n) is 8.44. The van der Waals surface area contributed by atoms with E-state index in [-0.39, 0.29) is 17.2 Å². The van der Waals surface area contributed by atoms with E-state index in [4.69, 9.17) is 21.1 Å². The largest absolute Gasteiger partial charge is 0.491 e. The minimum atomic E-state index is -0.370. The number of hydrazone groups is 1. The fraction of sp³-hybridized carbons (Fsp3) is 0.158. The molecule has 0 saturated carbocycles. The Morgan fingerprint density at radius 3 is 2.71 bits per heavy atom. The molecular weight excluding hydrogens is 382 g/mol. The highest BCUT2D eigenvalue weighted by Crippen LogP contribution is 2.35. The third-order valence-corrected chi connectivity index (χ3v) is 3.94. The minimum Gasteiger partial charge on any atom is -0.491 e. The predicted molar refractivity (Wildman–Crippen MR) is 108 cm³/mol. The van der Waals surface area contributed by atoms with Gasteiger partial charge >= 0.3 is 0 Å². The smallest absolute Gasteiger partial charge is 0.279 e. The molecule has 1 aromatic heterocycles. The van der Waals surface area contributed by atoms with Gasteiger partial charge in [0.1, 0.15) is 0 Å². The highest BCUT2D eigenvalue weighted by molar-refractivity contribution is 6.32. The summed E-state index contributed by atoms with van der Waals surface area (Å²) in [4.78, 5) is 14.8. The van der Waals surface area contributed by atoms with Crippen molar-refractivity contribution in [3.8, 4) is 22.8 Å². The Hall–Kier alpha value is -3.39. The van der Waals surface area contributed by atoms with Gasteiger partial charge in [-0.25, -0.2) is 5.43 Å². The first-order chi connectivity index (χ1) is 13.6. The first kappa shape index (κ1) is 19.4. The number of aromatic amines is 1. The van der Waals surface area contributed by atoms with Gasteiger partial charge in [0.25, 0.3) is 5.56 Å². The van der Waals surface area contributed by atoms with Crippen molar-refractivity contribution in [1.29, 1.82) is 0 Å². The molecule has 144 valence electrons. The van der Waals surface area contributed by atoms with Crippen LogP contribution >= 0.6 is 11.6 Å². The second-order valence-electron chi connectivity index (χ2n) is 5.55. The molecule has 0 aliphatic carbocycles. The van der Waals surface area contributed by atoms with Crippen molar-refractivity contribution < 1.29 is 9.47 Å². The van der Waals surface area contributed by atoms with Gasteiger partial charge in [-0.1, -0.05) is 41.9 Å². The Balaban J connectivity index is 1.76. The van der Waals surface area contributed by atoms with Gasteiger partial charge in [-0.3, -0.25) is 9.78 Å². The van der Waals surface area contributed by atoms with Crippen LogP contribution in [0.25, 0.3) is 11.3 Å². The summed E-state index contributed by atoms with van der Waals surface area (Å²) in [6.45, 7) is 2.33. The number of nitrogens with zero attached hydrogens (tertiary/aromatic N) is 3. The van der Waals surface area contributed by atoms with Crippen molar-refractivity contribution >= 4 is 23.8 Å². The third kappa shape index (κ3) is 4.47. The van der Waals surface area contributed by atoms with E-state index in [0.717, 1.165) is 0 Å². The summed E-state index contributed by atoms with van der Waals surface area (Å²) in [5.74, 6) is 1.09. The molecule has 0 spiro atoms. The van der Waals surface area contributed by atoms with Crippen LogP contribution in [0.1, 0.15) is 12.5 Å². The van der Waals surface area contributed by atoms with Crippen molar-refractivity contribution in [3.63, 3.8) is 0 Å². The fourth-order valence-electron chi connectivity index (χ4n) is 2.46. The number of anilines is 1. The zero-order chi connectivity index (χ0) is 19.9. The SMILES string of the molecule is CCOc1cc(/C=N/Nc2nnc(-c3ccccc3)c(=O)[nH]2)cc(Cl)c1OC. The molecule has 0 amide bonds. The van der Waals surface area contributed by atoms with Crippen molar-refractivity contribution in [1.82, 2.24) is 15.2 Å².